The first kappa shape index (κ1) is 9.26. The van der Waals surface area contributed by atoms with Crippen molar-refractivity contribution >= 4 is 5.91 Å². The van der Waals surface area contributed by atoms with Gasteiger partial charge in [0.05, 0.1) is 6.42 Å². The molecule has 5 nitrogen and oxygen atoms in total. The van der Waals surface area contributed by atoms with Gasteiger partial charge >= 0.3 is 0 Å². The lowest BCUT2D eigenvalue weighted by atomic mass is 10.3. The van der Waals surface area contributed by atoms with Crippen molar-refractivity contribution in [2.45, 2.75) is 12.8 Å². The summed E-state index contributed by atoms with van der Waals surface area (Å²) in [5, 5.41) is 9.02. The number of H-pyrrole nitrogens is 1. The van der Waals surface area contributed by atoms with Crippen LogP contribution in [0.3, 0.4) is 0 Å². The summed E-state index contributed by atoms with van der Waals surface area (Å²) in [6.07, 6.45) is 7.14. The molecule has 1 aromatic rings. The zero-order chi connectivity index (χ0) is 9.52. The van der Waals surface area contributed by atoms with Gasteiger partial charge in [0.1, 0.15) is 12.2 Å². The fraction of sp³-hybridized carbons (Fsp3) is 0.375. The Balaban J connectivity index is 2.15. The minimum absolute atomic E-state index is 0.121. The van der Waals surface area contributed by atoms with Crippen LogP contribution in [0.15, 0.2) is 6.33 Å². The number of hydrogen-bond donors (Lipinski definition) is 2. The fourth-order valence-corrected chi connectivity index (χ4v) is 0.827. The Morgan fingerprint density at radius 3 is 3.23 bits per heavy atom. The average molecular weight is 178 g/mol. The summed E-state index contributed by atoms with van der Waals surface area (Å²) in [7, 11) is 0. The molecular formula is C8H10N4O. The summed E-state index contributed by atoms with van der Waals surface area (Å²) in [5.41, 5.74) is 0. The molecule has 0 aliphatic carbocycles. The van der Waals surface area contributed by atoms with E-state index in [2.05, 4.69) is 26.4 Å². The Morgan fingerprint density at radius 2 is 2.62 bits per heavy atom. The van der Waals surface area contributed by atoms with E-state index in [4.69, 9.17) is 6.42 Å². The molecule has 1 heterocycles. The van der Waals surface area contributed by atoms with Crippen molar-refractivity contribution in [2.75, 3.05) is 6.54 Å². The van der Waals surface area contributed by atoms with Crippen LogP contribution in [-0.2, 0) is 11.2 Å². The smallest absolute Gasteiger partial charge is 0.232 e. The van der Waals surface area contributed by atoms with Gasteiger partial charge in [-0.25, -0.2) is 4.98 Å². The third-order valence-corrected chi connectivity index (χ3v) is 1.41. The molecule has 0 saturated heterocycles. The number of carbonyl (C=O) groups is 1. The van der Waals surface area contributed by atoms with E-state index in [0.29, 0.717) is 13.0 Å². The molecule has 0 atom stereocenters. The first-order valence-electron chi connectivity index (χ1n) is 3.87. The lowest BCUT2D eigenvalue weighted by molar-refractivity contribution is -0.120. The third-order valence-electron chi connectivity index (χ3n) is 1.41. The molecule has 5 heteroatoms. The quantitative estimate of drug-likeness (QED) is 0.610. The van der Waals surface area contributed by atoms with Crippen molar-refractivity contribution in [3.8, 4) is 12.3 Å². The van der Waals surface area contributed by atoms with E-state index < -0.39 is 0 Å². The van der Waals surface area contributed by atoms with E-state index >= 15 is 0 Å². The number of aromatic amines is 1. The Labute approximate surface area is 75.9 Å². The van der Waals surface area contributed by atoms with Gasteiger partial charge in [-0.1, -0.05) is 5.92 Å². The minimum Gasteiger partial charge on any atom is -0.355 e. The van der Waals surface area contributed by atoms with Gasteiger partial charge < -0.3 is 5.32 Å². The second kappa shape index (κ2) is 4.93. The van der Waals surface area contributed by atoms with Gasteiger partial charge in [0.15, 0.2) is 0 Å². The molecule has 0 spiro atoms. The van der Waals surface area contributed by atoms with Gasteiger partial charge in [-0.05, 0) is 0 Å². The predicted octanol–water partition coefficient (Wildman–Crippen LogP) is -0.513. The van der Waals surface area contributed by atoms with Gasteiger partial charge in [-0.3, -0.25) is 9.89 Å². The Hall–Kier alpha value is -1.83. The normalized spacial score (nSPS) is 9.15. The Bertz CT molecular complexity index is 298. The third kappa shape index (κ3) is 3.38. The van der Waals surface area contributed by atoms with Gasteiger partial charge in [0.2, 0.25) is 5.91 Å². The maximum atomic E-state index is 10.9. The number of hydrogen-bond acceptors (Lipinski definition) is 3. The lowest BCUT2D eigenvalue weighted by Gasteiger charge is -1.99. The summed E-state index contributed by atoms with van der Waals surface area (Å²) in [4.78, 5) is 14.8. The van der Waals surface area contributed by atoms with Crippen molar-refractivity contribution in [2.24, 2.45) is 0 Å². The molecule has 0 radical (unpaired) electrons. The molecule has 68 valence electrons. The van der Waals surface area contributed by atoms with Crippen LogP contribution in [0.5, 0.6) is 0 Å². The van der Waals surface area contributed by atoms with Crippen molar-refractivity contribution in [1.82, 2.24) is 20.5 Å². The van der Waals surface area contributed by atoms with Crippen molar-refractivity contribution in [3.63, 3.8) is 0 Å². The summed E-state index contributed by atoms with van der Waals surface area (Å²) in [6, 6.07) is 0. The zero-order valence-corrected chi connectivity index (χ0v) is 7.08. The van der Waals surface area contributed by atoms with Crippen molar-refractivity contribution in [1.29, 1.82) is 0 Å². The molecule has 0 aliphatic heterocycles. The van der Waals surface area contributed by atoms with Gasteiger partial charge in [0.25, 0.3) is 0 Å². The number of aromatic nitrogens is 3. The maximum Gasteiger partial charge on any atom is 0.232 e. The van der Waals surface area contributed by atoms with Crippen LogP contribution in [-0.4, -0.2) is 27.6 Å². The molecule has 1 amide bonds. The largest absolute Gasteiger partial charge is 0.355 e. The molecule has 0 unspecified atom stereocenters. The maximum absolute atomic E-state index is 10.9. The lowest BCUT2D eigenvalue weighted by Crippen LogP contribution is -2.25. The van der Waals surface area contributed by atoms with E-state index in [1.807, 2.05) is 0 Å². The summed E-state index contributed by atoms with van der Waals surface area (Å²) in [6.45, 7) is 0.524. The van der Waals surface area contributed by atoms with Gasteiger partial charge in [0, 0.05) is 13.0 Å². The summed E-state index contributed by atoms with van der Waals surface area (Å²) >= 11 is 0. The highest BCUT2D eigenvalue weighted by molar-refractivity contribution is 5.78. The molecule has 0 bridgehead atoms. The second-order valence-corrected chi connectivity index (χ2v) is 2.41. The van der Waals surface area contributed by atoms with Gasteiger partial charge in [-0.15, -0.1) is 6.42 Å². The molecular weight excluding hydrogens is 168 g/mol. The van der Waals surface area contributed by atoms with Crippen LogP contribution in [0, 0.1) is 12.3 Å². The standard InChI is InChI=1S/C8H10N4O/c1-2-3-8(13)9-5-4-7-10-6-11-12-7/h1,6H,3-5H2,(H,9,13)(H,10,11,12). The molecule has 2 N–H and O–H groups in total. The topological polar surface area (TPSA) is 70.7 Å². The van der Waals surface area contributed by atoms with Gasteiger partial charge in [-0.2, -0.15) is 5.10 Å². The molecule has 0 fully saturated rings. The Kier molecular flexibility index (Phi) is 3.51. The van der Waals surface area contributed by atoms with Crippen molar-refractivity contribution < 1.29 is 4.79 Å². The molecule has 0 aromatic carbocycles. The fourth-order valence-electron chi connectivity index (χ4n) is 0.827. The number of nitrogens with one attached hydrogen (secondary N) is 2. The second-order valence-electron chi connectivity index (χ2n) is 2.41. The monoisotopic (exact) mass is 178 g/mol. The van der Waals surface area contributed by atoms with Crippen LogP contribution in [0.4, 0.5) is 0 Å². The average Bonchev–Trinajstić information content (AvgIpc) is 2.57. The zero-order valence-electron chi connectivity index (χ0n) is 7.08. The first-order chi connectivity index (χ1) is 6.33. The predicted molar refractivity (Wildman–Crippen MR) is 46.5 cm³/mol. The highest BCUT2D eigenvalue weighted by atomic mass is 16.1. The van der Waals surface area contributed by atoms with Crippen LogP contribution in [0.25, 0.3) is 0 Å². The highest BCUT2D eigenvalue weighted by Gasteiger charge is 1.98. The SMILES string of the molecule is C#CCC(=O)NCCc1ncn[nH]1. The molecule has 1 rings (SSSR count). The molecule has 1 aromatic heterocycles. The number of amides is 1. The molecule has 0 saturated carbocycles. The minimum atomic E-state index is -0.137. The summed E-state index contributed by atoms with van der Waals surface area (Å²) < 4.78 is 0. The number of carbonyl (C=O) groups excluding carboxylic acids is 1. The number of rotatable bonds is 4. The van der Waals surface area contributed by atoms with Crippen LogP contribution in [0.2, 0.25) is 0 Å². The van der Waals surface area contributed by atoms with E-state index in [0.717, 1.165) is 5.82 Å². The molecule has 13 heavy (non-hydrogen) atoms. The number of terminal acetylenes is 1. The van der Waals surface area contributed by atoms with Crippen LogP contribution >= 0.6 is 0 Å². The van der Waals surface area contributed by atoms with E-state index in [1.165, 1.54) is 6.33 Å². The number of nitrogens with zero attached hydrogens (tertiary/aromatic N) is 2. The van der Waals surface area contributed by atoms with E-state index in [-0.39, 0.29) is 12.3 Å². The Morgan fingerprint density at radius 1 is 1.77 bits per heavy atom. The van der Waals surface area contributed by atoms with Crippen LogP contribution in [0.1, 0.15) is 12.2 Å². The van der Waals surface area contributed by atoms with Crippen molar-refractivity contribution in [3.05, 3.63) is 12.2 Å². The highest BCUT2D eigenvalue weighted by Crippen LogP contribution is 1.85. The van der Waals surface area contributed by atoms with E-state index in [1.54, 1.807) is 0 Å². The molecule has 0 aliphatic rings. The van der Waals surface area contributed by atoms with E-state index in [9.17, 15) is 4.79 Å². The first-order valence-corrected chi connectivity index (χ1v) is 3.87. The van der Waals surface area contributed by atoms with Crippen LogP contribution < -0.4 is 5.32 Å². The summed E-state index contributed by atoms with van der Waals surface area (Å²) in [5.74, 6) is 2.88.